The first-order chi connectivity index (χ1) is 9.45. The maximum atomic E-state index is 11.4. The number of hydrogen-bond donors (Lipinski definition) is 1. The second kappa shape index (κ2) is 6.19. The first-order valence-electron chi connectivity index (χ1n) is 6.45. The van der Waals surface area contributed by atoms with Gasteiger partial charge < -0.3 is 5.32 Å². The van der Waals surface area contributed by atoms with Gasteiger partial charge in [-0.2, -0.15) is 5.10 Å². The quantitative estimate of drug-likeness (QED) is 0.876. The highest BCUT2D eigenvalue weighted by Gasteiger charge is 2.07. The third kappa shape index (κ3) is 4.18. The van der Waals surface area contributed by atoms with Gasteiger partial charge in [0.15, 0.2) is 9.84 Å². The molecule has 2 aromatic rings. The summed E-state index contributed by atoms with van der Waals surface area (Å²) in [4.78, 5) is 0.353. The van der Waals surface area contributed by atoms with E-state index in [0.29, 0.717) is 11.4 Å². The molecule has 20 heavy (non-hydrogen) atoms. The minimum atomic E-state index is -3.12. The van der Waals surface area contributed by atoms with Crippen molar-refractivity contribution in [3.05, 3.63) is 48.3 Å². The zero-order valence-electron chi connectivity index (χ0n) is 11.7. The molecule has 0 spiro atoms. The number of nitrogens with one attached hydrogen (secondary N) is 1. The highest BCUT2D eigenvalue weighted by molar-refractivity contribution is 7.90. The monoisotopic (exact) mass is 293 g/mol. The zero-order chi connectivity index (χ0) is 14.6. The van der Waals surface area contributed by atoms with E-state index in [1.807, 2.05) is 29.1 Å². The summed E-state index contributed by atoms with van der Waals surface area (Å²) >= 11 is 0. The van der Waals surface area contributed by atoms with Crippen LogP contribution in [0.25, 0.3) is 0 Å². The highest BCUT2D eigenvalue weighted by atomic mass is 32.2. The van der Waals surface area contributed by atoms with Gasteiger partial charge in [-0.05, 0) is 30.7 Å². The van der Waals surface area contributed by atoms with Crippen molar-refractivity contribution in [3.63, 3.8) is 0 Å². The van der Waals surface area contributed by atoms with Crippen LogP contribution in [0.15, 0.2) is 47.6 Å². The maximum Gasteiger partial charge on any atom is 0.175 e. The first-order valence-corrected chi connectivity index (χ1v) is 8.34. The van der Waals surface area contributed by atoms with Crippen molar-refractivity contribution < 1.29 is 8.42 Å². The molecule has 0 amide bonds. The molecule has 5 nitrogen and oxygen atoms in total. The van der Waals surface area contributed by atoms with Gasteiger partial charge in [-0.15, -0.1) is 0 Å². The van der Waals surface area contributed by atoms with Gasteiger partial charge in [-0.1, -0.05) is 12.1 Å². The molecule has 0 radical (unpaired) electrons. The molecule has 1 heterocycles. The number of rotatable bonds is 6. The molecular weight excluding hydrogens is 274 g/mol. The van der Waals surface area contributed by atoms with Crippen molar-refractivity contribution in [1.29, 1.82) is 0 Å². The van der Waals surface area contributed by atoms with Crippen molar-refractivity contribution in [2.45, 2.75) is 31.0 Å². The predicted molar refractivity (Wildman–Crippen MR) is 78.1 cm³/mol. The van der Waals surface area contributed by atoms with Gasteiger partial charge in [0, 0.05) is 31.2 Å². The van der Waals surface area contributed by atoms with Crippen LogP contribution in [0.5, 0.6) is 0 Å². The molecular formula is C14H19N3O2S. The Labute approximate surface area is 119 Å². The second-order valence-corrected chi connectivity index (χ2v) is 6.94. The van der Waals surface area contributed by atoms with Gasteiger partial charge >= 0.3 is 0 Å². The highest BCUT2D eigenvalue weighted by Crippen LogP contribution is 2.10. The standard InChI is InChI=1S/C14H19N3O2S/c1-12(11-17-9-3-8-16-17)15-10-13-4-6-14(7-5-13)20(2,18)19/h3-9,12,15H,10-11H2,1-2H3/t12-/m0/s1. The van der Waals surface area contributed by atoms with Crippen LogP contribution in [0.1, 0.15) is 12.5 Å². The summed E-state index contributed by atoms with van der Waals surface area (Å²) in [5, 5.41) is 7.54. The number of nitrogens with zero attached hydrogens (tertiary/aromatic N) is 2. The van der Waals surface area contributed by atoms with E-state index >= 15 is 0 Å². The van der Waals surface area contributed by atoms with Crippen LogP contribution in [-0.4, -0.2) is 30.5 Å². The molecule has 0 bridgehead atoms. The Morgan fingerprint density at radius 3 is 2.55 bits per heavy atom. The van der Waals surface area contributed by atoms with Gasteiger partial charge in [0.2, 0.25) is 0 Å². The van der Waals surface area contributed by atoms with Crippen LogP contribution in [0, 0.1) is 0 Å². The van der Waals surface area contributed by atoms with Crippen molar-refractivity contribution in [3.8, 4) is 0 Å². The van der Waals surface area contributed by atoms with Gasteiger partial charge in [-0.25, -0.2) is 8.42 Å². The fourth-order valence-corrected chi connectivity index (χ4v) is 2.53. The molecule has 0 saturated heterocycles. The van der Waals surface area contributed by atoms with Gasteiger partial charge in [-0.3, -0.25) is 4.68 Å². The third-order valence-electron chi connectivity index (χ3n) is 3.03. The molecule has 0 unspecified atom stereocenters. The zero-order valence-corrected chi connectivity index (χ0v) is 12.5. The molecule has 2 rings (SSSR count). The average molecular weight is 293 g/mol. The average Bonchev–Trinajstić information content (AvgIpc) is 2.88. The Bertz CT molecular complexity index is 634. The number of sulfone groups is 1. The minimum Gasteiger partial charge on any atom is -0.308 e. The lowest BCUT2D eigenvalue weighted by Gasteiger charge is -2.14. The van der Waals surface area contributed by atoms with E-state index in [-0.39, 0.29) is 6.04 Å². The molecule has 1 atom stereocenters. The fraction of sp³-hybridized carbons (Fsp3) is 0.357. The van der Waals surface area contributed by atoms with E-state index in [1.54, 1.807) is 18.3 Å². The van der Waals surface area contributed by atoms with E-state index < -0.39 is 9.84 Å². The molecule has 1 aromatic heterocycles. The number of hydrogen-bond acceptors (Lipinski definition) is 4. The Kier molecular flexibility index (Phi) is 4.57. The summed E-state index contributed by atoms with van der Waals surface area (Å²) in [5.41, 5.74) is 1.06. The van der Waals surface area contributed by atoms with E-state index in [0.717, 1.165) is 12.1 Å². The Morgan fingerprint density at radius 1 is 1.30 bits per heavy atom. The molecule has 0 fully saturated rings. The number of aromatic nitrogens is 2. The molecule has 1 aromatic carbocycles. The van der Waals surface area contributed by atoms with Gasteiger partial charge in [0.25, 0.3) is 0 Å². The summed E-state index contributed by atoms with van der Waals surface area (Å²) in [5.74, 6) is 0. The summed E-state index contributed by atoms with van der Waals surface area (Å²) in [6.45, 7) is 3.59. The smallest absolute Gasteiger partial charge is 0.175 e. The van der Waals surface area contributed by atoms with Gasteiger partial charge in [0.05, 0.1) is 11.4 Å². The summed E-state index contributed by atoms with van der Waals surface area (Å²) < 4.78 is 24.6. The summed E-state index contributed by atoms with van der Waals surface area (Å²) in [6.07, 6.45) is 4.90. The van der Waals surface area contributed by atoms with E-state index in [1.165, 1.54) is 6.26 Å². The topological polar surface area (TPSA) is 64.0 Å². The number of benzene rings is 1. The van der Waals surface area contributed by atoms with Crippen LogP contribution in [0.4, 0.5) is 0 Å². The van der Waals surface area contributed by atoms with Crippen molar-refractivity contribution >= 4 is 9.84 Å². The lowest BCUT2D eigenvalue weighted by molar-refractivity contribution is 0.451. The van der Waals surface area contributed by atoms with Crippen LogP contribution in [-0.2, 0) is 22.9 Å². The van der Waals surface area contributed by atoms with E-state index in [9.17, 15) is 8.42 Å². The normalized spacial score (nSPS) is 13.3. The largest absolute Gasteiger partial charge is 0.308 e. The molecule has 108 valence electrons. The van der Waals surface area contributed by atoms with Crippen LogP contribution >= 0.6 is 0 Å². The Hall–Kier alpha value is -1.66. The predicted octanol–water partition coefficient (Wildman–Crippen LogP) is 1.46. The third-order valence-corrected chi connectivity index (χ3v) is 4.15. The second-order valence-electron chi connectivity index (χ2n) is 4.93. The fourth-order valence-electron chi connectivity index (χ4n) is 1.90. The lowest BCUT2D eigenvalue weighted by Crippen LogP contribution is -2.30. The minimum absolute atomic E-state index is 0.282. The SMILES string of the molecule is C[C@@H](Cn1cccn1)NCc1ccc(S(C)(=O)=O)cc1. The lowest BCUT2D eigenvalue weighted by atomic mass is 10.2. The van der Waals surface area contributed by atoms with Crippen LogP contribution in [0.2, 0.25) is 0 Å². The van der Waals surface area contributed by atoms with Crippen LogP contribution in [0.3, 0.4) is 0 Å². The first kappa shape index (κ1) is 14.7. The maximum absolute atomic E-state index is 11.4. The van der Waals surface area contributed by atoms with Crippen molar-refractivity contribution in [2.24, 2.45) is 0 Å². The van der Waals surface area contributed by atoms with Gasteiger partial charge in [0.1, 0.15) is 0 Å². The molecule has 1 N–H and O–H groups in total. The molecule has 0 aliphatic carbocycles. The molecule has 0 aliphatic rings. The molecule has 6 heteroatoms. The Morgan fingerprint density at radius 2 is 2.00 bits per heavy atom. The summed E-state index contributed by atoms with van der Waals surface area (Å²) in [7, 11) is -3.12. The van der Waals surface area contributed by atoms with E-state index in [4.69, 9.17) is 0 Å². The molecule has 0 aliphatic heterocycles. The van der Waals surface area contributed by atoms with Crippen molar-refractivity contribution in [2.75, 3.05) is 6.26 Å². The Balaban J connectivity index is 1.88. The van der Waals surface area contributed by atoms with E-state index in [2.05, 4.69) is 17.3 Å². The molecule has 0 saturated carbocycles. The summed E-state index contributed by atoms with van der Waals surface area (Å²) in [6, 6.07) is 9.14. The van der Waals surface area contributed by atoms with Crippen LogP contribution < -0.4 is 5.32 Å². The van der Waals surface area contributed by atoms with Crippen molar-refractivity contribution in [1.82, 2.24) is 15.1 Å².